The van der Waals surface area contributed by atoms with E-state index in [1.807, 2.05) is 25.1 Å². The number of Topliss-reactive ketones (excluding diaryl/α,β-unsaturated/α-hetero) is 1. The molecule has 5 rings (SSSR count). The first-order chi connectivity index (χ1) is 17.5. The molecule has 0 saturated carbocycles. The van der Waals surface area contributed by atoms with Crippen LogP contribution in [0.15, 0.2) is 85.2 Å². The van der Waals surface area contributed by atoms with Gasteiger partial charge in [0.25, 0.3) is 11.7 Å². The highest BCUT2D eigenvalue weighted by Crippen LogP contribution is 2.42. The number of rotatable bonds is 7. The molecule has 36 heavy (non-hydrogen) atoms. The van der Waals surface area contributed by atoms with Crippen LogP contribution in [0.4, 0.5) is 0 Å². The summed E-state index contributed by atoms with van der Waals surface area (Å²) in [5, 5.41) is 11.4. The van der Waals surface area contributed by atoms with E-state index in [9.17, 15) is 14.7 Å². The molecule has 1 fully saturated rings. The molecule has 0 aliphatic carbocycles. The average molecular weight is 483 g/mol. The number of benzene rings is 2. The molecule has 1 saturated heterocycles. The third-order valence-corrected chi connectivity index (χ3v) is 6.33. The van der Waals surface area contributed by atoms with Crippen LogP contribution in [0, 0.1) is 0 Å². The first kappa shape index (κ1) is 23.4. The number of aromatic nitrogens is 1. The van der Waals surface area contributed by atoms with Crippen LogP contribution in [0.2, 0.25) is 0 Å². The molecule has 7 nitrogen and oxygen atoms in total. The third kappa shape index (κ3) is 4.35. The van der Waals surface area contributed by atoms with Crippen molar-refractivity contribution in [3.8, 4) is 11.5 Å². The Hall–Kier alpha value is -4.39. The van der Waals surface area contributed by atoms with Crippen LogP contribution in [-0.4, -0.2) is 39.4 Å². The van der Waals surface area contributed by atoms with Crippen molar-refractivity contribution in [2.24, 2.45) is 0 Å². The van der Waals surface area contributed by atoms with E-state index in [1.54, 1.807) is 54.9 Å². The second-order valence-corrected chi connectivity index (χ2v) is 8.92. The Bertz CT molecular complexity index is 1370. The van der Waals surface area contributed by atoms with Crippen LogP contribution >= 0.6 is 0 Å². The summed E-state index contributed by atoms with van der Waals surface area (Å²) in [4.78, 5) is 32.2. The predicted octanol–water partition coefficient (Wildman–Crippen LogP) is 4.59. The van der Waals surface area contributed by atoms with E-state index >= 15 is 0 Å². The van der Waals surface area contributed by atoms with Gasteiger partial charge in [0.05, 0.1) is 11.6 Å². The SMILES string of the molecule is C=CCOc1cccc([C@@H]2/C(=C(\O)c3ccc4c(c3)C[C@@H](C)O4)C(=O)C(=O)N2Cc2cccnc2)c1. The van der Waals surface area contributed by atoms with Gasteiger partial charge in [0.2, 0.25) is 0 Å². The van der Waals surface area contributed by atoms with Crippen molar-refractivity contribution in [1.82, 2.24) is 9.88 Å². The highest BCUT2D eigenvalue weighted by Gasteiger charge is 2.46. The molecule has 0 spiro atoms. The molecule has 1 aromatic heterocycles. The minimum absolute atomic E-state index is 0.0386. The summed E-state index contributed by atoms with van der Waals surface area (Å²) in [6.45, 7) is 6.13. The second kappa shape index (κ2) is 9.70. The number of aliphatic hydroxyl groups excluding tert-OH is 1. The van der Waals surface area contributed by atoms with Gasteiger partial charge in [-0.15, -0.1) is 0 Å². The number of ether oxygens (including phenoxy) is 2. The summed E-state index contributed by atoms with van der Waals surface area (Å²) in [5.74, 6) is -0.292. The van der Waals surface area contributed by atoms with Gasteiger partial charge in [0, 0.05) is 30.9 Å². The number of nitrogens with zero attached hydrogens (tertiary/aromatic N) is 2. The van der Waals surface area contributed by atoms with Crippen LogP contribution in [0.5, 0.6) is 11.5 Å². The predicted molar refractivity (Wildman–Crippen MR) is 134 cm³/mol. The van der Waals surface area contributed by atoms with E-state index < -0.39 is 17.7 Å². The molecule has 3 heterocycles. The fraction of sp³-hybridized carbons (Fsp3) is 0.207. The van der Waals surface area contributed by atoms with Gasteiger partial charge in [-0.25, -0.2) is 0 Å². The molecule has 2 atom stereocenters. The molecule has 182 valence electrons. The number of fused-ring (bicyclic) bond motifs is 1. The topological polar surface area (TPSA) is 89.0 Å². The number of pyridine rings is 1. The van der Waals surface area contributed by atoms with Gasteiger partial charge in [0.15, 0.2) is 0 Å². The highest BCUT2D eigenvalue weighted by molar-refractivity contribution is 6.46. The second-order valence-electron chi connectivity index (χ2n) is 8.92. The van der Waals surface area contributed by atoms with E-state index in [0.717, 1.165) is 16.9 Å². The number of amides is 1. The van der Waals surface area contributed by atoms with Crippen LogP contribution in [0.1, 0.15) is 35.2 Å². The van der Waals surface area contributed by atoms with Gasteiger partial charge in [-0.05, 0) is 60.0 Å². The first-order valence-corrected chi connectivity index (χ1v) is 11.8. The van der Waals surface area contributed by atoms with Crippen molar-refractivity contribution in [2.45, 2.75) is 32.0 Å². The van der Waals surface area contributed by atoms with Gasteiger partial charge in [-0.3, -0.25) is 14.6 Å². The average Bonchev–Trinajstić information content (AvgIpc) is 3.39. The van der Waals surface area contributed by atoms with Crippen molar-refractivity contribution in [3.63, 3.8) is 0 Å². The molecular formula is C29H26N2O5. The molecule has 0 radical (unpaired) electrons. The number of ketones is 1. The van der Waals surface area contributed by atoms with Gasteiger partial charge in [-0.2, -0.15) is 0 Å². The molecule has 2 aliphatic rings. The Morgan fingerprint density at radius 1 is 1.22 bits per heavy atom. The Morgan fingerprint density at radius 3 is 2.86 bits per heavy atom. The smallest absolute Gasteiger partial charge is 0.295 e. The Kier molecular flexibility index (Phi) is 6.29. The molecule has 7 heteroatoms. The van der Waals surface area contributed by atoms with Gasteiger partial charge in [-0.1, -0.05) is 30.9 Å². The maximum Gasteiger partial charge on any atom is 0.295 e. The first-order valence-electron chi connectivity index (χ1n) is 11.8. The van der Waals surface area contributed by atoms with Gasteiger partial charge in [0.1, 0.15) is 30.0 Å². The molecule has 2 aromatic carbocycles. The van der Waals surface area contributed by atoms with E-state index in [2.05, 4.69) is 11.6 Å². The van der Waals surface area contributed by atoms with Gasteiger partial charge >= 0.3 is 0 Å². The molecule has 3 aromatic rings. The van der Waals surface area contributed by atoms with Crippen molar-refractivity contribution < 1.29 is 24.2 Å². The summed E-state index contributed by atoms with van der Waals surface area (Å²) in [7, 11) is 0. The summed E-state index contributed by atoms with van der Waals surface area (Å²) in [6.07, 6.45) is 5.69. The lowest BCUT2D eigenvalue weighted by molar-refractivity contribution is -0.140. The molecule has 1 N–H and O–H groups in total. The maximum absolute atomic E-state index is 13.4. The van der Waals surface area contributed by atoms with E-state index in [1.165, 1.54) is 4.90 Å². The van der Waals surface area contributed by atoms with E-state index in [0.29, 0.717) is 29.9 Å². The highest BCUT2D eigenvalue weighted by atomic mass is 16.5. The fourth-order valence-electron chi connectivity index (χ4n) is 4.73. The number of carbonyl (C=O) groups excluding carboxylic acids is 2. The largest absolute Gasteiger partial charge is 0.507 e. The van der Waals surface area contributed by atoms with E-state index in [4.69, 9.17) is 9.47 Å². The van der Waals surface area contributed by atoms with E-state index in [-0.39, 0.29) is 24.0 Å². The molecule has 0 bridgehead atoms. The monoisotopic (exact) mass is 482 g/mol. The Labute approximate surface area is 209 Å². The number of hydrogen-bond donors (Lipinski definition) is 1. The van der Waals surface area contributed by atoms with Crippen LogP contribution in [0.3, 0.4) is 0 Å². The van der Waals surface area contributed by atoms with Gasteiger partial charge < -0.3 is 19.5 Å². The van der Waals surface area contributed by atoms with Crippen LogP contribution < -0.4 is 9.47 Å². The maximum atomic E-state index is 13.4. The summed E-state index contributed by atoms with van der Waals surface area (Å²) in [6, 6.07) is 15.3. The zero-order valence-electron chi connectivity index (χ0n) is 19.9. The van der Waals surface area contributed by atoms with Crippen molar-refractivity contribution in [2.75, 3.05) is 6.61 Å². The number of likely N-dealkylation sites (tertiary alicyclic amines) is 1. The van der Waals surface area contributed by atoms with Crippen LogP contribution in [0.25, 0.3) is 5.76 Å². The normalized spacial score (nSPS) is 20.2. The lowest BCUT2D eigenvalue weighted by Gasteiger charge is -2.25. The summed E-state index contributed by atoms with van der Waals surface area (Å²) >= 11 is 0. The van der Waals surface area contributed by atoms with Crippen molar-refractivity contribution in [1.29, 1.82) is 0 Å². The lowest BCUT2D eigenvalue weighted by atomic mass is 9.94. The van der Waals surface area contributed by atoms with Crippen molar-refractivity contribution >= 4 is 17.4 Å². The third-order valence-electron chi connectivity index (χ3n) is 6.33. The minimum atomic E-state index is -0.805. The standard InChI is InChI=1S/C29H26N2O5/c1-3-12-35-23-8-4-7-20(15-23)26-25(27(32)21-9-10-24-22(14-21)13-18(2)36-24)28(33)29(34)31(26)17-19-6-5-11-30-16-19/h3-11,14-16,18,26,32H,1,12-13,17H2,2H3/b27-25+/t18-,26-/m1/s1. The number of hydrogen-bond acceptors (Lipinski definition) is 6. The number of aliphatic hydroxyl groups is 1. The lowest BCUT2D eigenvalue weighted by Crippen LogP contribution is -2.29. The summed E-state index contributed by atoms with van der Waals surface area (Å²) in [5.41, 5.74) is 2.88. The molecule has 2 aliphatic heterocycles. The molecule has 1 amide bonds. The summed E-state index contributed by atoms with van der Waals surface area (Å²) < 4.78 is 11.5. The van der Waals surface area contributed by atoms with Crippen LogP contribution in [-0.2, 0) is 22.6 Å². The number of carbonyl (C=O) groups is 2. The Morgan fingerprint density at radius 2 is 2.08 bits per heavy atom. The minimum Gasteiger partial charge on any atom is -0.507 e. The fourth-order valence-corrected chi connectivity index (χ4v) is 4.73. The zero-order valence-corrected chi connectivity index (χ0v) is 19.9. The van der Waals surface area contributed by atoms with Crippen molar-refractivity contribution in [3.05, 3.63) is 107 Å². The quantitative estimate of drug-likeness (QED) is 0.229. The zero-order chi connectivity index (χ0) is 25.2. The molecule has 0 unspecified atom stereocenters. The molecular weight excluding hydrogens is 456 g/mol. The Balaban J connectivity index is 1.62.